The minimum Gasteiger partial charge on any atom is -0.342 e. The van der Waals surface area contributed by atoms with E-state index in [2.05, 4.69) is 32.4 Å². The predicted octanol–water partition coefficient (Wildman–Crippen LogP) is 4.43. The van der Waals surface area contributed by atoms with E-state index in [4.69, 9.17) is 11.6 Å². The van der Waals surface area contributed by atoms with Crippen LogP contribution >= 0.6 is 34.7 Å². The van der Waals surface area contributed by atoms with Crippen molar-refractivity contribution in [2.75, 3.05) is 11.1 Å². The normalized spacial score (nSPS) is 11.9. The van der Waals surface area contributed by atoms with Crippen molar-refractivity contribution in [3.8, 4) is 0 Å². The summed E-state index contributed by atoms with van der Waals surface area (Å²) in [5, 5.41) is 17.6. The van der Waals surface area contributed by atoms with Crippen molar-refractivity contribution in [1.82, 2.24) is 25.1 Å². The van der Waals surface area contributed by atoms with Gasteiger partial charge in [0.1, 0.15) is 0 Å². The summed E-state index contributed by atoms with van der Waals surface area (Å²) in [5.74, 6) is 0.280. The molecule has 0 radical (unpaired) electrons. The maximum Gasteiger partial charge on any atom is 0.253 e. The third kappa shape index (κ3) is 5.96. The number of nitrogens with one attached hydrogen (secondary N) is 2. The van der Waals surface area contributed by atoms with Gasteiger partial charge in [0.25, 0.3) is 5.91 Å². The maximum atomic E-state index is 12.9. The highest BCUT2D eigenvalue weighted by molar-refractivity contribution is 7.99. The highest BCUT2D eigenvalue weighted by atomic mass is 35.5. The molecule has 0 aliphatic rings. The summed E-state index contributed by atoms with van der Waals surface area (Å²) in [6.07, 6.45) is 3.35. The number of benzene rings is 1. The van der Waals surface area contributed by atoms with Crippen LogP contribution < -0.4 is 10.6 Å². The fourth-order valence-corrected chi connectivity index (χ4v) is 4.42. The molecule has 2 aromatic heterocycles. The lowest BCUT2D eigenvalue weighted by atomic mass is 10.0. The molecular weight excluding hydrogens is 468 g/mol. The minimum absolute atomic E-state index is 0.0280. The molecule has 32 heavy (non-hydrogen) atoms. The van der Waals surface area contributed by atoms with Crippen LogP contribution in [0.1, 0.15) is 36.1 Å². The fourth-order valence-electron chi connectivity index (χ4n) is 2.90. The van der Waals surface area contributed by atoms with Crippen LogP contribution in [-0.4, -0.2) is 37.3 Å². The number of anilines is 1. The van der Waals surface area contributed by atoms with E-state index >= 15 is 0 Å². The average molecular weight is 491 g/mol. The van der Waals surface area contributed by atoms with Gasteiger partial charge in [0.15, 0.2) is 16.1 Å². The first-order chi connectivity index (χ1) is 15.4. The Kier molecular flexibility index (Phi) is 8.43. The number of rotatable bonds is 10. The van der Waals surface area contributed by atoms with Gasteiger partial charge in [0.2, 0.25) is 5.91 Å². The summed E-state index contributed by atoms with van der Waals surface area (Å²) in [6.45, 7) is 8.21. The van der Waals surface area contributed by atoms with Gasteiger partial charge in [-0.15, -0.1) is 28.1 Å². The van der Waals surface area contributed by atoms with E-state index in [1.165, 1.54) is 23.1 Å². The quantitative estimate of drug-likeness (QED) is 0.322. The van der Waals surface area contributed by atoms with Crippen molar-refractivity contribution in [1.29, 1.82) is 0 Å². The number of hydrogen-bond acceptors (Lipinski definition) is 7. The zero-order valence-electron chi connectivity index (χ0n) is 17.6. The Morgan fingerprint density at radius 2 is 2.09 bits per heavy atom. The molecule has 8 nitrogen and oxygen atoms in total. The molecule has 2 N–H and O–H groups in total. The van der Waals surface area contributed by atoms with E-state index in [1.807, 2.05) is 18.4 Å². The van der Waals surface area contributed by atoms with Crippen LogP contribution in [0.5, 0.6) is 0 Å². The van der Waals surface area contributed by atoms with Gasteiger partial charge in [0, 0.05) is 18.1 Å². The van der Waals surface area contributed by atoms with Gasteiger partial charge in [-0.1, -0.05) is 55.4 Å². The van der Waals surface area contributed by atoms with Gasteiger partial charge in [0.05, 0.1) is 22.4 Å². The van der Waals surface area contributed by atoms with Gasteiger partial charge in [-0.3, -0.25) is 9.59 Å². The number of thiazole rings is 1. The Morgan fingerprint density at radius 3 is 2.75 bits per heavy atom. The van der Waals surface area contributed by atoms with E-state index in [0.717, 1.165) is 0 Å². The maximum absolute atomic E-state index is 12.9. The Hall–Kier alpha value is -2.69. The molecule has 2 amide bonds. The largest absolute Gasteiger partial charge is 0.342 e. The first kappa shape index (κ1) is 24.0. The van der Waals surface area contributed by atoms with Crippen molar-refractivity contribution in [3.63, 3.8) is 0 Å². The first-order valence-corrected chi connectivity index (χ1v) is 12.1. The van der Waals surface area contributed by atoms with E-state index in [-0.39, 0.29) is 23.5 Å². The fraction of sp³-hybridized carbons (Fsp3) is 0.286. The van der Waals surface area contributed by atoms with Crippen molar-refractivity contribution in [2.45, 2.75) is 31.6 Å². The van der Waals surface area contributed by atoms with Gasteiger partial charge >= 0.3 is 0 Å². The number of nitrogens with zero attached hydrogens (tertiary/aromatic N) is 4. The van der Waals surface area contributed by atoms with Crippen molar-refractivity contribution < 1.29 is 9.59 Å². The Labute approximate surface area is 199 Å². The molecule has 3 rings (SSSR count). The Bertz CT molecular complexity index is 1080. The molecule has 3 aromatic rings. The van der Waals surface area contributed by atoms with Crippen LogP contribution in [0.25, 0.3) is 0 Å². The third-order valence-corrected chi connectivity index (χ3v) is 6.40. The smallest absolute Gasteiger partial charge is 0.253 e. The molecule has 2 heterocycles. The van der Waals surface area contributed by atoms with Crippen LogP contribution in [0.2, 0.25) is 5.02 Å². The number of amides is 2. The monoisotopic (exact) mass is 490 g/mol. The van der Waals surface area contributed by atoms with Crippen molar-refractivity contribution in [2.24, 2.45) is 5.92 Å². The topological polar surface area (TPSA) is 102 Å². The summed E-state index contributed by atoms with van der Waals surface area (Å²) in [4.78, 5) is 29.1. The second-order valence-electron chi connectivity index (χ2n) is 7.09. The second-order valence-corrected chi connectivity index (χ2v) is 9.33. The lowest BCUT2D eigenvalue weighted by Gasteiger charge is -2.22. The number of carbonyl (C=O) groups excluding carboxylic acids is 2. The number of thioether (sulfide) groups is 1. The molecule has 168 valence electrons. The summed E-state index contributed by atoms with van der Waals surface area (Å²) >= 11 is 8.79. The lowest BCUT2D eigenvalue weighted by molar-refractivity contribution is -0.113. The molecule has 1 atom stereocenters. The Morgan fingerprint density at radius 1 is 1.31 bits per heavy atom. The summed E-state index contributed by atoms with van der Waals surface area (Å²) in [6, 6.07) is 6.47. The summed E-state index contributed by atoms with van der Waals surface area (Å²) < 4.78 is 1.85. The standard InChI is InChI=1S/C21H23ClN6O2S2/c1-4-10-28-18(17(13(2)3)25-19(30)14-7-5-6-8-15(14)22)26-27-21(28)32-12-16(29)24-20-23-9-11-31-20/h4-9,11,13,17H,1,10,12H2,2-3H3,(H,25,30)(H,23,24,29)/t17-/m1/s1. The molecule has 0 unspecified atom stereocenters. The molecule has 0 saturated carbocycles. The first-order valence-electron chi connectivity index (χ1n) is 9.82. The molecule has 1 aromatic carbocycles. The second kappa shape index (κ2) is 11.3. The highest BCUT2D eigenvalue weighted by Crippen LogP contribution is 2.26. The van der Waals surface area contributed by atoms with Gasteiger partial charge < -0.3 is 15.2 Å². The lowest BCUT2D eigenvalue weighted by Crippen LogP contribution is -2.34. The zero-order valence-corrected chi connectivity index (χ0v) is 20.0. The number of hydrogen-bond donors (Lipinski definition) is 2. The van der Waals surface area contributed by atoms with Crippen molar-refractivity contribution >= 4 is 51.6 Å². The van der Waals surface area contributed by atoms with Crippen LogP contribution in [0.15, 0.2) is 53.7 Å². The molecule has 0 aliphatic heterocycles. The van der Waals surface area contributed by atoms with Gasteiger partial charge in [-0.2, -0.15) is 0 Å². The van der Waals surface area contributed by atoms with Crippen LogP contribution in [-0.2, 0) is 11.3 Å². The number of aromatic nitrogens is 4. The van der Waals surface area contributed by atoms with Crippen LogP contribution in [0.4, 0.5) is 5.13 Å². The molecule has 0 bridgehead atoms. The minimum atomic E-state index is -0.412. The highest BCUT2D eigenvalue weighted by Gasteiger charge is 2.27. The predicted molar refractivity (Wildman–Crippen MR) is 128 cm³/mol. The van der Waals surface area contributed by atoms with E-state index in [1.54, 1.807) is 41.9 Å². The zero-order chi connectivity index (χ0) is 23.1. The van der Waals surface area contributed by atoms with Gasteiger partial charge in [-0.25, -0.2) is 4.98 Å². The van der Waals surface area contributed by atoms with Crippen molar-refractivity contribution in [3.05, 3.63) is 64.9 Å². The van der Waals surface area contributed by atoms with Crippen LogP contribution in [0, 0.1) is 5.92 Å². The van der Waals surface area contributed by atoms with E-state index in [0.29, 0.717) is 33.2 Å². The number of carbonyl (C=O) groups is 2. The molecular formula is C21H23ClN6O2S2. The molecule has 0 aliphatic carbocycles. The summed E-state index contributed by atoms with van der Waals surface area (Å²) in [5.41, 5.74) is 0.392. The Balaban J connectivity index is 1.77. The van der Waals surface area contributed by atoms with Gasteiger partial charge in [-0.05, 0) is 18.1 Å². The number of allylic oxidation sites excluding steroid dienone is 1. The average Bonchev–Trinajstić information content (AvgIpc) is 3.41. The molecule has 0 fully saturated rings. The molecule has 0 saturated heterocycles. The number of halogens is 1. The third-order valence-electron chi connectivity index (χ3n) is 4.42. The summed E-state index contributed by atoms with van der Waals surface area (Å²) in [7, 11) is 0. The van der Waals surface area contributed by atoms with E-state index in [9.17, 15) is 9.59 Å². The van der Waals surface area contributed by atoms with Crippen LogP contribution in [0.3, 0.4) is 0 Å². The molecule has 0 spiro atoms. The molecule has 11 heteroatoms. The van der Waals surface area contributed by atoms with E-state index < -0.39 is 6.04 Å². The SMILES string of the molecule is C=CCn1c(SCC(=O)Nc2nccs2)nnc1[C@H](NC(=O)c1ccccc1Cl)C(C)C.